The first-order chi connectivity index (χ1) is 13.0. The molecule has 2 saturated carbocycles. The van der Waals surface area contributed by atoms with E-state index in [0.29, 0.717) is 24.9 Å². The van der Waals surface area contributed by atoms with Crippen LogP contribution in [0.2, 0.25) is 0 Å². The number of amides is 1. The normalized spacial score (nSPS) is 28.0. The average molecular weight is 372 g/mol. The van der Waals surface area contributed by atoms with Gasteiger partial charge in [0.1, 0.15) is 6.04 Å². The number of imidazole rings is 1. The van der Waals surface area contributed by atoms with Crippen molar-refractivity contribution >= 4 is 11.9 Å². The molecule has 0 aromatic carbocycles. The van der Waals surface area contributed by atoms with Gasteiger partial charge in [0.05, 0.1) is 12.0 Å². The molecule has 1 unspecified atom stereocenters. The van der Waals surface area contributed by atoms with Crippen molar-refractivity contribution in [3.05, 3.63) is 18.2 Å². The average Bonchev–Trinajstić information content (AvgIpc) is 3.58. The van der Waals surface area contributed by atoms with Crippen LogP contribution in [0.4, 0.5) is 0 Å². The van der Waals surface area contributed by atoms with Crippen LogP contribution >= 0.6 is 0 Å². The molecular weight excluding hydrogens is 344 g/mol. The molecule has 0 radical (unpaired) electrons. The zero-order chi connectivity index (χ0) is 18.6. The van der Waals surface area contributed by atoms with Gasteiger partial charge in [-0.15, -0.1) is 0 Å². The molecule has 2 aliphatic carbocycles. The highest BCUT2D eigenvalue weighted by molar-refractivity contribution is 5.81. The van der Waals surface area contributed by atoms with Crippen LogP contribution in [0.15, 0.2) is 12.5 Å². The number of rotatable bonds is 5. The van der Waals surface area contributed by atoms with E-state index in [1.807, 2.05) is 17.4 Å². The Bertz CT molecular complexity index is 744. The molecule has 1 N–H and O–H groups in total. The van der Waals surface area contributed by atoms with E-state index < -0.39 is 12.0 Å². The molecule has 4 fully saturated rings. The highest BCUT2D eigenvalue weighted by Crippen LogP contribution is 2.45. The largest absolute Gasteiger partial charge is 0.480 e. The summed E-state index contributed by atoms with van der Waals surface area (Å²) in [5, 5.41) is 9.81. The minimum Gasteiger partial charge on any atom is -0.480 e. The fourth-order valence-electron chi connectivity index (χ4n) is 5.05. The predicted octanol–water partition coefficient (Wildman–Crippen LogP) is 1.90. The van der Waals surface area contributed by atoms with E-state index in [2.05, 4.69) is 14.5 Å². The lowest BCUT2D eigenvalue weighted by Gasteiger charge is -2.39. The van der Waals surface area contributed by atoms with E-state index in [4.69, 9.17) is 0 Å². The van der Waals surface area contributed by atoms with E-state index in [9.17, 15) is 14.7 Å². The number of hydrogen-bond donors (Lipinski definition) is 1. The van der Waals surface area contributed by atoms with Crippen molar-refractivity contribution in [2.75, 3.05) is 19.6 Å². The fourth-order valence-corrected chi connectivity index (χ4v) is 5.05. The minimum atomic E-state index is -0.721. The van der Waals surface area contributed by atoms with Crippen LogP contribution in [0.1, 0.15) is 56.7 Å². The maximum atomic E-state index is 12.3. The van der Waals surface area contributed by atoms with Crippen molar-refractivity contribution in [2.45, 2.75) is 63.6 Å². The molecule has 1 aromatic heterocycles. The highest BCUT2D eigenvalue weighted by Gasteiger charge is 2.49. The van der Waals surface area contributed by atoms with Gasteiger partial charge in [0.25, 0.3) is 0 Å². The highest BCUT2D eigenvalue weighted by atomic mass is 16.4. The zero-order valence-electron chi connectivity index (χ0n) is 15.7. The second-order valence-corrected chi connectivity index (χ2v) is 9.09. The Morgan fingerprint density at radius 1 is 1.19 bits per heavy atom. The lowest BCUT2D eigenvalue weighted by molar-refractivity contribution is -0.142. The van der Waals surface area contributed by atoms with Gasteiger partial charge in [-0.3, -0.25) is 14.5 Å². The monoisotopic (exact) mass is 372 g/mol. The number of aromatic nitrogens is 2. The zero-order valence-corrected chi connectivity index (χ0v) is 15.7. The number of carbonyl (C=O) groups excluding carboxylic acids is 1. The van der Waals surface area contributed by atoms with Gasteiger partial charge in [-0.05, 0) is 50.4 Å². The summed E-state index contributed by atoms with van der Waals surface area (Å²) in [6.07, 6.45) is 10.8. The topological polar surface area (TPSA) is 78.7 Å². The Balaban J connectivity index is 1.28. The molecule has 7 nitrogen and oxygen atoms in total. The number of likely N-dealkylation sites (tertiary alicyclic amines) is 2. The van der Waals surface area contributed by atoms with E-state index >= 15 is 0 Å². The van der Waals surface area contributed by atoms with Gasteiger partial charge in [-0.2, -0.15) is 0 Å². The van der Waals surface area contributed by atoms with Crippen molar-refractivity contribution in [2.24, 2.45) is 11.3 Å². The van der Waals surface area contributed by atoms with Crippen molar-refractivity contribution in [3.8, 4) is 0 Å². The summed E-state index contributed by atoms with van der Waals surface area (Å²) < 4.78 is 2.22. The van der Waals surface area contributed by atoms with Crippen LogP contribution in [0, 0.1) is 11.3 Å². The van der Waals surface area contributed by atoms with Crippen LogP contribution in [-0.2, 0) is 16.1 Å². The van der Waals surface area contributed by atoms with Gasteiger partial charge in [-0.25, -0.2) is 4.98 Å². The van der Waals surface area contributed by atoms with Crippen LogP contribution in [0.5, 0.6) is 0 Å². The van der Waals surface area contributed by atoms with Crippen LogP contribution < -0.4 is 0 Å². The molecule has 1 atom stereocenters. The molecular formula is C20H28N4O3. The summed E-state index contributed by atoms with van der Waals surface area (Å²) in [4.78, 5) is 32.7. The molecule has 4 aliphatic rings. The molecule has 1 spiro atoms. The van der Waals surface area contributed by atoms with Gasteiger partial charge in [0.2, 0.25) is 5.91 Å². The Kier molecular flexibility index (Phi) is 4.04. The van der Waals surface area contributed by atoms with Gasteiger partial charge in [-0.1, -0.05) is 0 Å². The van der Waals surface area contributed by atoms with Crippen LogP contribution in [-0.4, -0.2) is 62.0 Å². The number of carboxylic acid groups (broad SMARTS) is 1. The maximum absolute atomic E-state index is 12.3. The molecule has 1 aromatic rings. The van der Waals surface area contributed by atoms with E-state index in [0.717, 1.165) is 51.0 Å². The SMILES string of the molecule is O=C(O)C1CC2(CCN(C(=O)C3CC3)CC2)CN1Cc1cncn1C1CC1. The number of hydrogen-bond acceptors (Lipinski definition) is 4. The molecule has 7 heteroatoms. The molecule has 1 amide bonds. The Morgan fingerprint density at radius 2 is 1.93 bits per heavy atom. The Morgan fingerprint density at radius 3 is 2.56 bits per heavy atom. The van der Waals surface area contributed by atoms with Crippen molar-refractivity contribution in [1.29, 1.82) is 0 Å². The van der Waals surface area contributed by atoms with Gasteiger partial charge in [0, 0.05) is 44.3 Å². The quantitative estimate of drug-likeness (QED) is 0.854. The lowest BCUT2D eigenvalue weighted by atomic mass is 9.76. The Labute approximate surface area is 159 Å². The smallest absolute Gasteiger partial charge is 0.320 e. The summed E-state index contributed by atoms with van der Waals surface area (Å²) in [5.41, 5.74) is 1.16. The summed E-state index contributed by atoms with van der Waals surface area (Å²) >= 11 is 0. The van der Waals surface area contributed by atoms with Gasteiger partial charge >= 0.3 is 5.97 Å². The van der Waals surface area contributed by atoms with Crippen LogP contribution in [0.3, 0.4) is 0 Å². The number of carboxylic acids is 1. The second kappa shape index (κ2) is 6.33. The summed E-state index contributed by atoms with van der Waals surface area (Å²) in [6.45, 7) is 3.04. The fraction of sp³-hybridized carbons (Fsp3) is 0.750. The number of aliphatic carboxylic acids is 1. The molecule has 2 aliphatic heterocycles. The minimum absolute atomic E-state index is 0.0355. The number of nitrogens with zero attached hydrogens (tertiary/aromatic N) is 4. The third-order valence-corrected chi connectivity index (χ3v) is 7.00. The summed E-state index contributed by atoms with van der Waals surface area (Å²) in [6, 6.07) is 0.122. The Hall–Kier alpha value is -1.89. The first-order valence-corrected chi connectivity index (χ1v) is 10.3. The van der Waals surface area contributed by atoms with Gasteiger partial charge < -0.3 is 14.6 Å². The molecule has 146 valence electrons. The van der Waals surface area contributed by atoms with Crippen molar-refractivity contribution < 1.29 is 14.7 Å². The number of carbonyl (C=O) groups is 2. The third kappa shape index (κ3) is 3.26. The summed E-state index contributed by atoms with van der Waals surface area (Å²) in [7, 11) is 0. The first kappa shape index (κ1) is 17.2. The standard InChI is InChI=1S/C20H28N4O3/c25-18(14-1-2-14)22-7-5-20(6-8-22)9-17(19(26)27)23(12-20)11-16-10-21-13-24(16)15-3-4-15/h10,13-15,17H,1-9,11-12H2,(H,26,27). The maximum Gasteiger partial charge on any atom is 0.320 e. The van der Waals surface area contributed by atoms with E-state index in [-0.39, 0.29) is 11.3 Å². The van der Waals surface area contributed by atoms with Gasteiger partial charge in [0.15, 0.2) is 0 Å². The molecule has 27 heavy (non-hydrogen) atoms. The lowest BCUT2D eigenvalue weighted by Crippen LogP contribution is -2.44. The summed E-state index contributed by atoms with van der Waals surface area (Å²) in [5.74, 6) is -0.128. The third-order valence-electron chi connectivity index (χ3n) is 7.00. The van der Waals surface area contributed by atoms with E-state index in [1.165, 1.54) is 12.8 Å². The second-order valence-electron chi connectivity index (χ2n) is 9.09. The van der Waals surface area contributed by atoms with Crippen molar-refractivity contribution in [3.63, 3.8) is 0 Å². The van der Waals surface area contributed by atoms with Crippen molar-refractivity contribution in [1.82, 2.24) is 19.4 Å². The van der Waals surface area contributed by atoms with Crippen LogP contribution in [0.25, 0.3) is 0 Å². The molecule has 3 heterocycles. The molecule has 5 rings (SSSR count). The molecule has 2 saturated heterocycles. The first-order valence-electron chi connectivity index (χ1n) is 10.3. The predicted molar refractivity (Wildman–Crippen MR) is 97.9 cm³/mol. The molecule has 0 bridgehead atoms. The van der Waals surface area contributed by atoms with E-state index in [1.54, 1.807) is 0 Å². The number of piperidine rings is 1.